The summed E-state index contributed by atoms with van der Waals surface area (Å²) in [5.41, 5.74) is 3.57. The average Bonchev–Trinajstić information content (AvgIpc) is 2.19. The maximum absolute atomic E-state index is 6.32. The highest BCUT2D eigenvalue weighted by Gasteiger charge is 2.39. The van der Waals surface area contributed by atoms with Crippen LogP contribution in [0.5, 0.6) is 0 Å². The van der Waals surface area contributed by atoms with E-state index in [-0.39, 0.29) is 11.2 Å². The van der Waals surface area contributed by atoms with Crippen LogP contribution >= 0.6 is 0 Å². The van der Waals surface area contributed by atoms with Gasteiger partial charge >= 0.3 is 0 Å². The van der Waals surface area contributed by atoms with Crippen LogP contribution in [0.25, 0.3) is 0 Å². The number of nitrogens with one attached hydrogen (secondary N) is 1. The molecule has 0 aromatic heterocycles. The first kappa shape index (κ1) is 12.6. The van der Waals surface area contributed by atoms with Gasteiger partial charge in [0.15, 0.2) is 0 Å². The lowest BCUT2D eigenvalue weighted by atomic mass is 9.87. The molecule has 2 heteroatoms. The van der Waals surface area contributed by atoms with E-state index < -0.39 is 0 Å². The summed E-state index contributed by atoms with van der Waals surface area (Å²) in [5.74, 6) is 0. The first-order chi connectivity index (χ1) is 7.82. The van der Waals surface area contributed by atoms with Crippen LogP contribution in [0.4, 0.5) is 0 Å². The minimum absolute atomic E-state index is 0.108. The minimum Gasteiger partial charge on any atom is -0.362 e. The number of hydrogen-bond acceptors (Lipinski definition) is 2. The molecule has 94 valence electrons. The maximum Gasteiger partial charge on any atom is 0.104 e. The predicted octanol–water partition coefficient (Wildman–Crippen LogP) is 2.92. The van der Waals surface area contributed by atoms with Gasteiger partial charge < -0.3 is 10.1 Å². The fraction of sp³-hybridized carbons (Fsp3) is 0.600. The van der Waals surface area contributed by atoms with Crippen molar-refractivity contribution in [2.75, 3.05) is 13.1 Å². The van der Waals surface area contributed by atoms with Crippen molar-refractivity contribution in [2.24, 2.45) is 0 Å². The van der Waals surface area contributed by atoms with Gasteiger partial charge in [0, 0.05) is 13.1 Å². The van der Waals surface area contributed by atoms with E-state index in [9.17, 15) is 0 Å². The molecule has 2 rings (SSSR count). The van der Waals surface area contributed by atoms with E-state index in [0.29, 0.717) is 0 Å². The van der Waals surface area contributed by atoms with Crippen molar-refractivity contribution in [3.8, 4) is 0 Å². The minimum atomic E-state index is -0.224. The van der Waals surface area contributed by atoms with Crippen molar-refractivity contribution in [3.63, 3.8) is 0 Å². The van der Waals surface area contributed by atoms with Crippen molar-refractivity contribution in [1.82, 2.24) is 5.32 Å². The monoisotopic (exact) mass is 233 g/mol. The van der Waals surface area contributed by atoms with Gasteiger partial charge in [-0.15, -0.1) is 0 Å². The van der Waals surface area contributed by atoms with Crippen LogP contribution in [0.2, 0.25) is 0 Å². The van der Waals surface area contributed by atoms with Crippen molar-refractivity contribution in [3.05, 3.63) is 34.9 Å². The quantitative estimate of drug-likeness (QED) is 0.805. The van der Waals surface area contributed by atoms with E-state index in [1.54, 1.807) is 0 Å². The van der Waals surface area contributed by atoms with Crippen LogP contribution in [0.1, 0.15) is 37.5 Å². The molecule has 1 aromatic carbocycles. The highest BCUT2D eigenvalue weighted by atomic mass is 16.5. The molecule has 1 heterocycles. The number of ether oxygens (including phenoxy) is 1. The second-order valence-electron chi connectivity index (χ2n) is 6.01. The van der Waals surface area contributed by atoms with Gasteiger partial charge in [-0.25, -0.2) is 0 Å². The Labute approximate surface area is 104 Å². The van der Waals surface area contributed by atoms with Gasteiger partial charge in [-0.05, 0) is 45.7 Å². The molecule has 2 nitrogen and oxygen atoms in total. The topological polar surface area (TPSA) is 21.3 Å². The van der Waals surface area contributed by atoms with Gasteiger partial charge in [0.05, 0.1) is 5.60 Å². The van der Waals surface area contributed by atoms with Crippen molar-refractivity contribution < 1.29 is 4.74 Å². The summed E-state index contributed by atoms with van der Waals surface area (Å²) in [6, 6.07) is 6.59. The molecule has 1 aliphatic rings. The smallest absolute Gasteiger partial charge is 0.104 e. The van der Waals surface area contributed by atoms with Crippen LogP contribution in [-0.4, -0.2) is 18.7 Å². The lowest BCUT2D eigenvalue weighted by Crippen LogP contribution is -2.55. The third kappa shape index (κ3) is 2.53. The molecule has 1 fully saturated rings. The molecule has 17 heavy (non-hydrogen) atoms. The molecule has 0 aliphatic carbocycles. The molecule has 1 aromatic rings. The SMILES string of the molecule is Cc1ccc(C)c(C2(C)CNCC(C)(C)O2)c1. The Morgan fingerprint density at radius 1 is 1.12 bits per heavy atom. The summed E-state index contributed by atoms with van der Waals surface area (Å²) in [6.45, 7) is 12.5. The summed E-state index contributed by atoms with van der Waals surface area (Å²) in [4.78, 5) is 0. The number of benzene rings is 1. The van der Waals surface area contributed by atoms with Gasteiger partial charge in [0.1, 0.15) is 5.60 Å². The number of hydrogen-bond donors (Lipinski definition) is 1. The molecule has 1 aliphatic heterocycles. The predicted molar refractivity (Wildman–Crippen MR) is 71.3 cm³/mol. The summed E-state index contributed by atoms with van der Waals surface area (Å²) in [6.07, 6.45) is 0. The van der Waals surface area contributed by atoms with Gasteiger partial charge in [-0.2, -0.15) is 0 Å². The zero-order chi connectivity index (χ0) is 12.7. The molecule has 0 radical (unpaired) electrons. The number of rotatable bonds is 1. The Morgan fingerprint density at radius 2 is 1.82 bits per heavy atom. The lowest BCUT2D eigenvalue weighted by molar-refractivity contribution is -0.158. The molecule has 1 saturated heterocycles. The molecule has 0 amide bonds. The molecule has 1 N–H and O–H groups in total. The lowest BCUT2D eigenvalue weighted by Gasteiger charge is -2.44. The van der Waals surface area contributed by atoms with Crippen LogP contribution in [-0.2, 0) is 10.3 Å². The normalized spacial score (nSPS) is 28.1. The van der Waals surface area contributed by atoms with Crippen molar-refractivity contribution >= 4 is 0 Å². The molecule has 1 atom stereocenters. The van der Waals surface area contributed by atoms with E-state index in [0.717, 1.165) is 13.1 Å². The molecule has 0 saturated carbocycles. The summed E-state index contributed by atoms with van der Waals surface area (Å²) in [5, 5.41) is 3.49. The van der Waals surface area contributed by atoms with E-state index in [4.69, 9.17) is 4.74 Å². The molecule has 0 spiro atoms. The summed E-state index contributed by atoms with van der Waals surface area (Å²) >= 11 is 0. The largest absolute Gasteiger partial charge is 0.362 e. The van der Waals surface area contributed by atoms with Gasteiger partial charge in [0.2, 0.25) is 0 Å². The second-order valence-corrected chi connectivity index (χ2v) is 6.01. The van der Waals surface area contributed by atoms with Gasteiger partial charge in [0.25, 0.3) is 0 Å². The van der Waals surface area contributed by atoms with Gasteiger partial charge in [-0.3, -0.25) is 0 Å². The molecule has 0 bridgehead atoms. The highest BCUT2D eigenvalue weighted by Crippen LogP contribution is 2.34. The third-order valence-corrected chi connectivity index (χ3v) is 3.48. The molecular weight excluding hydrogens is 210 g/mol. The molecular formula is C15H23NO. The van der Waals surface area contributed by atoms with Crippen LogP contribution in [0.15, 0.2) is 18.2 Å². The summed E-state index contributed by atoms with van der Waals surface area (Å²) in [7, 11) is 0. The first-order valence-electron chi connectivity index (χ1n) is 6.31. The fourth-order valence-corrected chi connectivity index (χ4v) is 2.74. The average molecular weight is 233 g/mol. The fourth-order valence-electron chi connectivity index (χ4n) is 2.74. The van der Waals surface area contributed by atoms with E-state index in [1.807, 2.05) is 0 Å². The van der Waals surface area contributed by atoms with Crippen molar-refractivity contribution in [2.45, 2.75) is 45.8 Å². The van der Waals surface area contributed by atoms with E-state index >= 15 is 0 Å². The third-order valence-electron chi connectivity index (χ3n) is 3.48. The zero-order valence-corrected chi connectivity index (χ0v) is 11.6. The van der Waals surface area contributed by atoms with Crippen molar-refractivity contribution in [1.29, 1.82) is 0 Å². The maximum atomic E-state index is 6.32. The Balaban J connectivity index is 2.40. The Bertz CT molecular complexity index is 425. The Hall–Kier alpha value is -0.860. The van der Waals surface area contributed by atoms with Crippen LogP contribution in [0, 0.1) is 13.8 Å². The number of morpholine rings is 1. The Kier molecular flexibility index (Phi) is 3.04. The van der Waals surface area contributed by atoms with E-state index in [1.165, 1.54) is 16.7 Å². The first-order valence-corrected chi connectivity index (χ1v) is 6.31. The standard InChI is InChI=1S/C15H23NO/c1-11-6-7-12(2)13(8-11)15(5)10-16-9-14(3,4)17-15/h6-8,16H,9-10H2,1-5H3. The van der Waals surface area contributed by atoms with E-state index in [2.05, 4.69) is 58.1 Å². The number of aryl methyl sites for hydroxylation is 2. The van der Waals surface area contributed by atoms with Crippen LogP contribution < -0.4 is 5.32 Å². The molecule has 1 unspecified atom stereocenters. The highest BCUT2D eigenvalue weighted by molar-refractivity contribution is 5.35. The van der Waals surface area contributed by atoms with Gasteiger partial charge in [-0.1, -0.05) is 23.8 Å². The Morgan fingerprint density at radius 3 is 2.47 bits per heavy atom. The van der Waals surface area contributed by atoms with Crippen LogP contribution in [0.3, 0.4) is 0 Å². The zero-order valence-electron chi connectivity index (χ0n) is 11.6. The summed E-state index contributed by atoms with van der Waals surface area (Å²) < 4.78 is 6.32. The second kappa shape index (κ2) is 4.11.